The van der Waals surface area contributed by atoms with Gasteiger partial charge in [-0.15, -0.1) is 0 Å². The largest absolute Gasteiger partial charge is 0.451 e. The molecule has 0 bridgehead atoms. The molecule has 0 saturated heterocycles. The number of ketones is 1. The average Bonchev–Trinajstić information content (AvgIpc) is 2.60. The summed E-state index contributed by atoms with van der Waals surface area (Å²) in [5.74, 6) is -0.736. The molecule has 2 aromatic rings. The average molecular weight is 350 g/mol. The molecule has 0 heterocycles. The summed E-state index contributed by atoms with van der Waals surface area (Å²) < 4.78 is 5.23. The Bertz CT molecular complexity index is 791. The molecule has 0 unspecified atom stereocenters. The minimum Gasteiger partial charge on any atom is -0.451 e. The molecule has 136 valence electrons. The smallest absolute Gasteiger partial charge is 0.331 e. The van der Waals surface area contributed by atoms with Crippen molar-refractivity contribution in [3.63, 3.8) is 0 Å². The summed E-state index contributed by atoms with van der Waals surface area (Å²) in [4.78, 5) is 24.4. The monoisotopic (exact) mass is 350 g/mol. The third kappa shape index (κ3) is 5.41. The fourth-order valence-corrected chi connectivity index (χ4v) is 2.48. The second-order valence-electron chi connectivity index (χ2n) is 7.51. The number of hydrogen-bond acceptors (Lipinski definition) is 3. The first-order valence-electron chi connectivity index (χ1n) is 8.77. The molecule has 0 aromatic heterocycles. The van der Waals surface area contributed by atoms with Crippen molar-refractivity contribution in [2.45, 2.75) is 46.1 Å². The lowest BCUT2D eigenvalue weighted by atomic mass is 9.86. The number of hydrogen-bond donors (Lipinski definition) is 0. The molecule has 0 spiro atoms. The summed E-state index contributed by atoms with van der Waals surface area (Å²) in [7, 11) is 0. The fourth-order valence-electron chi connectivity index (χ4n) is 2.48. The van der Waals surface area contributed by atoms with E-state index in [0.29, 0.717) is 5.56 Å². The molecule has 2 aromatic carbocycles. The van der Waals surface area contributed by atoms with Crippen LogP contribution in [0.1, 0.15) is 54.7 Å². The molecule has 0 aliphatic rings. The van der Waals surface area contributed by atoms with Gasteiger partial charge >= 0.3 is 5.97 Å². The van der Waals surface area contributed by atoms with E-state index in [0.717, 1.165) is 16.7 Å². The van der Waals surface area contributed by atoms with Crippen LogP contribution < -0.4 is 0 Å². The van der Waals surface area contributed by atoms with Gasteiger partial charge in [-0.05, 0) is 36.5 Å². The van der Waals surface area contributed by atoms with Crippen LogP contribution in [0.25, 0.3) is 6.08 Å². The summed E-state index contributed by atoms with van der Waals surface area (Å²) in [6.07, 6.45) is 2.19. The Balaban J connectivity index is 1.97. The van der Waals surface area contributed by atoms with E-state index in [9.17, 15) is 9.59 Å². The number of Topliss-reactive ketones (excluding diaryl/α,β-unsaturated/α-hetero) is 1. The van der Waals surface area contributed by atoms with Gasteiger partial charge < -0.3 is 4.74 Å². The maximum Gasteiger partial charge on any atom is 0.331 e. The minimum absolute atomic E-state index is 0.0282. The van der Waals surface area contributed by atoms with Crippen molar-refractivity contribution in [3.8, 4) is 0 Å². The number of aryl methyl sites for hydroxylation is 1. The normalized spacial score (nSPS) is 12.8. The first kappa shape index (κ1) is 19.6. The molecule has 1 atom stereocenters. The van der Waals surface area contributed by atoms with E-state index in [-0.39, 0.29) is 11.2 Å². The number of carbonyl (C=O) groups is 2. The molecular formula is C23H26O3. The maximum atomic E-state index is 12.5. The Morgan fingerprint density at radius 2 is 1.54 bits per heavy atom. The van der Waals surface area contributed by atoms with E-state index in [4.69, 9.17) is 4.74 Å². The maximum absolute atomic E-state index is 12.5. The van der Waals surface area contributed by atoms with Gasteiger partial charge in [-0.1, -0.05) is 74.9 Å². The lowest BCUT2D eigenvalue weighted by Gasteiger charge is -2.19. The van der Waals surface area contributed by atoms with Crippen LogP contribution in [0.15, 0.2) is 54.6 Å². The molecule has 3 nitrogen and oxygen atoms in total. The van der Waals surface area contributed by atoms with Gasteiger partial charge in [-0.3, -0.25) is 4.79 Å². The first-order valence-corrected chi connectivity index (χ1v) is 8.77. The molecule has 0 N–H and O–H groups in total. The van der Waals surface area contributed by atoms with Gasteiger partial charge in [0.05, 0.1) is 0 Å². The molecule has 0 fully saturated rings. The Labute approximate surface area is 155 Å². The van der Waals surface area contributed by atoms with E-state index >= 15 is 0 Å². The van der Waals surface area contributed by atoms with E-state index in [2.05, 4.69) is 20.8 Å². The summed E-state index contributed by atoms with van der Waals surface area (Å²) >= 11 is 0. The SMILES string of the molecule is Cc1ccc(/C=C/C(=O)O[C@@H](C)C(=O)c2ccc(C(C)(C)C)cc2)cc1. The number of benzene rings is 2. The lowest BCUT2D eigenvalue weighted by Crippen LogP contribution is -2.23. The zero-order valence-corrected chi connectivity index (χ0v) is 16.1. The van der Waals surface area contributed by atoms with Crippen LogP contribution in [0.2, 0.25) is 0 Å². The molecule has 3 heteroatoms. The summed E-state index contributed by atoms with van der Waals surface area (Å²) in [5, 5.41) is 0. The molecule has 0 aliphatic heterocycles. The highest BCUT2D eigenvalue weighted by atomic mass is 16.5. The van der Waals surface area contributed by atoms with Crippen LogP contribution in [0.4, 0.5) is 0 Å². The number of carbonyl (C=O) groups excluding carboxylic acids is 2. The Kier molecular flexibility index (Phi) is 6.14. The number of esters is 1. The highest BCUT2D eigenvalue weighted by molar-refractivity contribution is 6.01. The molecule has 0 radical (unpaired) electrons. The van der Waals surface area contributed by atoms with Crippen LogP contribution in [0.5, 0.6) is 0 Å². The van der Waals surface area contributed by atoms with Gasteiger partial charge in [0.25, 0.3) is 0 Å². The van der Waals surface area contributed by atoms with Crippen molar-refractivity contribution in [2.24, 2.45) is 0 Å². The Morgan fingerprint density at radius 3 is 2.08 bits per heavy atom. The number of ether oxygens (including phenoxy) is 1. The van der Waals surface area contributed by atoms with Crippen LogP contribution in [0.3, 0.4) is 0 Å². The van der Waals surface area contributed by atoms with Crippen molar-refractivity contribution >= 4 is 17.8 Å². The van der Waals surface area contributed by atoms with Gasteiger partial charge in [0.2, 0.25) is 5.78 Å². The summed E-state index contributed by atoms with van der Waals surface area (Å²) in [5.41, 5.74) is 3.78. The van der Waals surface area contributed by atoms with Crippen molar-refractivity contribution < 1.29 is 14.3 Å². The van der Waals surface area contributed by atoms with Crippen LogP contribution in [-0.2, 0) is 14.9 Å². The van der Waals surface area contributed by atoms with Gasteiger partial charge in [0, 0.05) is 11.6 Å². The number of rotatable bonds is 5. The summed E-state index contributed by atoms with van der Waals surface area (Å²) in [6.45, 7) is 9.96. The van der Waals surface area contributed by atoms with Crippen molar-refractivity contribution in [1.29, 1.82) is 0 Å². The van der Waals surface area contributed by atoms with Crippen LogP contribution in [0, 0.1) is 6.92 Å². The van der Waals surface area contributed by atoms with Crippen LogP contribution in [-0.4, -0.2) is 17.9 Å². The van der Waals surface area contributed by atoms with Crippen molar-refractivity contribution in [1.82, 2.24) is 0 Å². The molecule has 0 aliphatic carbocycles. The van der Waals surface area contributed by atoms with E-state index < -0.39 is 12.1 Å². The Hall–Kier alpha value is -2.68. The van der Waals surface area contributed by atoms with Gasteiger partial charge in [0.1, 0.15) is 0 Å². The van der Waals surface area contributed by atoms with Crippen molar-refractivity contribution in [2.75, 3.05) is 0 Å². The molecule has 2 rings (SSSR count). The minimum atomic E-state index is -0.828. The highest BCUT2D eigenvalue weighted by Crippen LogP contribution is 2.22. The lowest BCUT2D eigenvalue weighted by molar-refractivity contribution is -0.140. The predicted molar refractivity (Wildman–Crippen MR) is 105 cm³/mol. The molecule has 26 heavy (non-hydrogen) atoms. The van der Waals surface area contributed by atoms with Gasteiger partial charge in [-0.2, -0.15) is 0 Å². The van der Waals surface area contributed by atoms with E-state index in [1.165, 1.54) is 6.08 Å². The third-order valence-electron chi connectivity index (χ3n) is 4.19. The van der Waals surface area contributed by atoms with Gasteiger partial charge in [0.15, 0.2) is 6.10 Å². The third-order valence-corrected chi connectivity index (χ3v) is 4.19. The zero-order valence-electron chi connectivity index (χ0n) is 16.1. The van der Waals surface area contributed by atoms with Gasteiger partial charge in [-0.25, -0.2) is 4.79 Å². The molecule has 0 saturated carbocycles. The highest BCUT2D eigenvalue weighted by Gasteiger charge is 2.20. The second kappa shape index (κ2) is 8.13. The molecule has 0 amide bonds. The van der Waals surface area contributed by atoms with E-state index in [1.54, 1.807) is 25.1 Å². The second-order valence-corrected chi connectivity index (χ2v) is 7.51. The molecular weight excluding hydrogens is 324 g/mol. The van der Waals surface area contributed by atoms with E-state index in [1.807, 2.05) is 43.3 Å². The quantitative estimate of drug-likeness (QED) is 0.427. The zero-order chi connectivity index (χ0) is 19.3. The standard InChI is InChI=1S/C23H26O3/c1-16-6-8-18(9-7-16)10-15-21(24)26-17(2)22(25)19-11-13-20(14-12-19)23(3,4)5/h6-15,17H,1-5H3/b15-10+/t17-/m0/s1. The Morgan fingerprint density at radius 1 is 0.962 bits per heavy atom. The van der Waals surface area contributed by atoms with Crippen molar-refractivity contribution in [3.05, 3.63) is 76.9 Å². The summed E-state index contributed by atoms with van der Waals surface area (Å²) in [6, 6.07) is 15.2. The van der Waals surface area contributed by atoms with Crippen LogP contribution >= 0.6 is 0 Å². The fraction of sp³-hybridized carbons (Fsp3) is 0.304. The topological polar surface area (TPSA) is 43.4 Å². The predicted octanol–water partition coefficient (Wildman–Crippen LogP) is 5.12. The first-order chi connectivity index (χ1) is 12.2.